The molecule has 0 radical (unpaired) electrons. The standard InChI is InChI=1S/C16H14F2N2O2/c1-21-16-19-12-7-6-10(9-13(12)20-16)8-11-4-2-3-5-14(11)22-15(17)18/h2-7,9,15H,8H2,1H3,(H,19,20). The van der Waals surface area contributed by atoms with E-state index in [-0.39, 0.29) is 5.75 Å². The molecule has 3 aromatic rings. The van der Waals surface area contributed by atoms with Gasteiger partial charge >= 0.3 is 6.61 Å². The Labute approximate surface area is 125 Å². The molecular formula is C16H14F2N2O2. The highest BCUT2D eigenvalue weighted by Gasteiger charge is 2.10. The van der Waals surface area contributed by atoms with Gasteiger partial charge in [-0.2, -0.15) is 13.8 Å². The van der Waals surface area contributed by atoms with Crippen molar-refractivity contribution in [3.8, 4) is 11.8 Å². The second kappa shape index (κ2) is 6.01. The number of alkyl halides is 2. The number of aromatic amines is 1. The quantitative estimate of drug-likeness (QED) is 0.780. The monoisotopic (exact) mass is 304 g/mol. The first kappa shape index (κ1) is 14.3. The number of hydrogen-bond donors (Lipinski definition) is 1. The van der Waals surface area contributed by atoms with Crippen LogP contribution < -0.4 is 9.47 Å². The van der Waals surface area contributed by atoms with Gasteiger partial charge in [-0.1, -0.05) is 24.3 Å². The molecule has 1 aromatic heterocycles. The van der Waals surface area contributed by atoms with Crippen molar-refractivity contribution >= 4 is 11.0 Å². The smallest absolute Gasteiger partial charge is 0.387 e. The number of nitrogens with one attached hydrogen (secondary N) is 1. The maximum atomic E-state index is 12.4. The van der Waals surface area contributed by atoms with Gasteiger partial charge in [0.15, 0.2) is 0 Å². The summed E-state index contributed by atoms with van der Waals surface area (Å²) in [5, 5.41) is 0. The highest BCUT2D eigenvalue weighted by atomic mass is 19.3. The number of para-hydroxylation sites is 1. The van der Waals surface area contributed by atoms with Crippen molar-refractivity contribution in [1.29, 1.82) is 0 Å². The van der Waals surface area contributed by atoms with Crippen LogP contribution in [0, 0.1) is 0 Å². The van der Waals surface area contributed by atoms with Crippen molar-refractivity contribution in [3.05, 3.63) is 53.6 Å². The number of hydrogen-bond acceptors (Lipinski definition) is 3. The van der Waals surface area contributed by atoms with E-state index in [1.54, 1.807) is 24.3 Å². The number of fused-ring (bicyclic) bond motifs is 1. The highest BCUT2D eigenvalue weighted by molar-refractivity contribution is 5.76. The van der Waals surface area contributed by atoms with Crippen molar-refractivity contribution in [2.45, 2.75) is 13.0 Å². The topological polar surface area (TPSA) is 47.1 Å². The molecule has 0 bridgehead atoms. The summed E-state index contributed by atoms with van der Waals surface area (Å²) in [6.45, 7) is -2.83. The third-order valence-corrected chi connectivity index (χ3v) is 3.30. The summed E-state index contributed by atoms with van der Waals surface area (Å²) < 4.78 is 34.5. The van der Waals surface area contributed by atoms with Crippen LogP contribution in [0.3, 0.4) is 0 Å². The van der Waals surface area contributed by atoms with E-state index < -0.39 is 6.61 Å². The van der Waals surface area contributed by atoms with Crippen LogP contribution in [-0.4, -0.2) is 23.7 Å². The van der Waals surface area contributed by atoms with Gasteiger partial charge in [-0.25, -0.2) is 0 Å². The lowest BCUT2D eigenvalue weighted by atomic mass is 10.0. The Hall–Kier alpha value is -2.63. The van der Waals surface area contributed by atoms with Crippen LogP contribution in [0.2, 0.25) is 0 Å². The summed E-state index contributed by atoms with van der Waals surface area (Å²) in [6.07, 6.45) is 0.486. The molecule has 3 rings (SSSR count). The zero-order valence-corrected chi connectivity index (χ0v) is 11.8. The largest absolute Gasteiger partial charge is 0.468 e. The Kier molecular flexibility index (Phi) is 3.91. The number of aromatic nitrogens is 2. The zero-order valence-electron chi connectivity index (χ0n) is 11.8. The molecule has 6 heteroatoms. The molecule has 0 atom stereocenters. The van der Waals surface area contributed by atoms with Gasteiger partial charge in [-0.05, 0) is 29.3 Å². The van der Waals surface area contributed by atoms with Crippen LogP contribution in [-0.2, 0) is 6.42 Å². The Morgan fingerprint density at radius 1 is 1.18 bits per heavy atom. The number of imidazole rings is 1. The SMILES string of the molecule is COc1nc2ccc(Cc3ccccc3OC(F)F)cc2[nH]1. The second-order valence-electron chi connectivity index (χ2n) is 4.76. The summed E-state index contributed by atoms with van der Waals surface area (Å²) in [6, 6.07) is 12.9. The molecule has 0 fully saturated rings. The fourth-order valence-electron chi connectivity index (χ4n) is 2.32. The normalized spacial score (nSPS) is 11.1. The van der Waals surface area contributed by atoms with Crippen molar-refractivity contribution in [1.82, 2.24) is 9.97 Å². The summed E-state index contributed by atoms with van der Waals surface area (Å²) in [5.41, 5.74) is 3.29. The van der Waals surface area contributed by atoms with E-state index in [9.17, 15) is 8.78 Å². The van der Waals surface area contributed by atoms with E-state index >= 15 is 0 Å². The predicted octanol–water partition coefficient (Wildman–Crippen LogP) is 3.76. The molecule has 114 valence electrons. The maximum absolute atomic E-state index is 12.4. The van der Waals surface area contributed by atoms with E-state index in [1.807, 2.05) is 18.2 Å². The molecule has 0 aliphatic heterocycles. The number of ether oxygens (including phenoxy) is 2. The average molecular weight is 304 g/mol. The molecule has 0 aliphatic carbocycles. The van der Waals surface area contributed by atoms with Gasteiger partial charge in [0.1, 0.15) is 5.75 Å². The molecule has 2 aromatic carbocycles. The predicted molar refractivity (Wildman–Crippen MR) is 78.5 cm³/mol. The lowest BCUT2D eigenvalue weighted by Crippen LogP contribution is -2.04. The van der Waals surface area contributed by atoms with E-state index in [4.69, 9.17) is 4.74 Å². The minimum absolute atomic E-state index is 0.194. The van der Waals surface area contributed by atoms with Gasteiger partial charge in [-0.3, -0.25) is 0 Å². The van der Waals surface area contributed by atoms with E-state index in [0.717, 1.165) is 16.6 Å². The first-order valence-corrected chi connectivity index (χ1v) is 6.71. The average Bonchev–Trinajstić information content (AvgIpc) is 2.91. The summed E-state index contributed by atoms with van der Waals surface area (Å²) in [4.78, 5) is 7.27. The van der Waals surface area contributed by atoms with Gasteiger partial charge in [0.25, 0.3) is 6.01 Å². The molecular weight excluding hydrogens is 290 g/mol. The van der Waals surface area contributed by atoms with Gasteiger partial charge in [-0.15, -0.1) is 0 Å². The van der Waals surface area contributed by atoms with Crippen molar-refractivity contribution in [3.63, 3.8) is 0 Å². The minimum Gasteiger partial charge on any atom is -0.468 e. The first-order chi connectivity index (χ1) is 10.7. The van der Waals surface area contributed by atoms with Gasteiger partial charge in [0.05, 0.1) is 18.1 Å². The fraction of sp³-hybridized carbons (Fsp3) is 0.188. The molecule has 0 aliphatic rings. The van der Waals surface area contributed by atoms with Crippen LogP contribution in [0.5, 0.6) is 11.8 Å². The van der Waals surface area contributed by atoms with Crippen LogP contribution >= 0.6 is 0 Å². The minimum atomic E-state index is -2.83. The number of benzene rings is 2. The molecule has 0 spiro atoms. The number of halogens is 2. The molecule has 0 saturated carbocycles. The third-order valence-electron chi connectivity index (χ3n) is 3.30. The number of methoxy groups -OCH3 is 1. The molecule has 1 heterocycles. The lowest BCUT2D eigenvalue weighted by molar-refractivity contribution is -0.0503. The molecule has 4 nitrogen and oxygen atoms in total. The van der Waals surface area contributed by atoms with Gasteiger partial charge < -0.3 is 14.5 Å². The number of H-pyrrole nitrogens is 1. The Balaban J connectivity index is 1.89. The number of nitrogens with zero attached hydrogens (tertiary/aromatic N) is 1. The van der Waals surface area contributed by atoms with Crippen molar-refractivity contribution in [2.75, 3.05) is 7.11 Å². The van der Waals surface area contributed by atoms with Gasteiger partial charge in [0.2, 0.25) is 0 Å². The zero-order chi connectivity index (χ0) is 15.5. The first-order valence-electron chi connectivity index (χ1n) is 6.71. The molecule has 0 saturated heterocycles. The van der Waals surface area contributed by atoms with Crippen molar-refractivity contribution in [2.24, 2.45) is 0 Å². The van der Waals surface area contributed by atoms with E-state index in [2.05, 4.69) is 14.7 Å². The molecule has 1 N–H and O–H groups in total. The maximum Gasteiger partial charge on any atom is 0.387 e. The Bertz CT molecular complexity index is 787. The van der Waals surface area contributed by atoms with Crippen LogP contribution in [0.1, 0.15) is 11.1 Å². The van der Waals surface area contributed by atoms with Crippen LogP contribution in [0.4, 0.5) is 8.78 Å². The summed E-state index contributed by atoms with van der Waals surface area (Å²) >= 11 is 0. The Morgan fingerprint density at radius 2 is 2.00 bits per heavy atom. The molecule has 0 unspecified atom stereocenters. The Morgan fingerprint density at radius 3 is 2.77 bits per heavy atom. The number of rotatable bonds is 5. The van der Waals surface area contributed by atoms with E-state index in [1.165, 1.54) is 7.11 Å². The second-order valence-corrected chi connectivity index (χ2v) is 4.76. The highest BCUT2D eigenvalue weighted by Crippen LogP contribution is 2.25. The van der Waals surface area contributed by atoms with E-state index in [0.29, 0.717) is 18.0 Å². The third kappa shape index (κ3) is 3.00. The summed E-state index contributed by atoms with van der Waals surface area (Å²) in [7, 11) is 1.54. The van der Waals surface area contributed by atoms with Crippen molar-refractivity contribution < 1.29 is 18.3 Å². The van der Waals surface area contributed by atoms with Gasteiger partial charge in [0, 0.05) is 6.42 Å². The molecule has 0 amide bonds. The lowest BCUT2D eigenvalue weighted by Gasteiger charge is -2.10. The van der Waals surface area contributed by atoms with Crippen LogP contribution in [0.25, 0.3) is 11.0 Å². The fourth-order valence-corrected chi connectivity index (χ4v) is 2.32. The summed E-state index contributed by atoms with van der Waals surface area (Å²) in [5.74, 6) is 0.194. The van der Waals surface area contributed by atoms with Crippen LogP contribution in [0.15, 0.2) is 42.5 Å². The molecule has 22 heavy (non-hydrogen) atoms.